The summed E-state index contributed by atoms with van der Waals surface area (Å²) < 4.78 is 17.8. The van der Waals surface area contributed by atoms with Gasteiger partial charge in [-0.15, -0.1) is 0 Å². The average molecular weight is 446 g/mol. The van der Waals surface area contributed by atoms with Gasteiger partial charge in [0.05, 0.1) is 20.3 Å². The number of hydrogen-bond acceptors (Lipinski definition) is 7. The number of carbonyl (C=O) groups excluding carboxylic acids is 1. The van der Waals surface area contributed by atoms with E-state index in [9.17, 15) is 14.9 Å². The van der Waals surface area contributed by atoms with Gasteiger partial charge in [0.25, 0.3) is 11.5 Å². The van der Waals surface area contributed by atoms with E-state index in [1.165, 1.54) is 15.4 Å². The third-order valence-electron chi connectivity index (χ3n) is 5.26. The van der Waals surface area contributed by atoms with Crippen LogP contribution in [0.2, 0.25) is 0 Å². The van der Waals surface area contributed by atoms with E-state index in [0.717, 1.165) is 5.56 Å². The van der Waals surface area contributed by atoms with Gasteiger partial charge in [0, 0.05) is 19.3 Å². The zero-order valence-electron chi connectivity index (χ0n) is 18.3. The normalized spacial score (nSPS) is 14.1. The van der Waals surface area contributed by atoms with Crippen LogP contribution in [-0.4, -0.2) is 53.6 Å². The molecular formula is C24H22N4O5. The molecule has 9 nitrogen and oxygen atoms in total. The first kappa shape index (κ1) is 22.0. The summed E-state index contributed by atoms with van der Waals surface area (Å²) in [6, 6.07) is 12.3. The molecule has 3 aromatic rings. The quantitative estimate of drug-likeness (QED) is 0.438. The molecule has 0 atom stereocenters. The van der Waals surface area contributed by atoms with E-state index in [4.69, 9.17) is 14.2 Å². The van der Waals surface area contributed by atoms with E-state index in [2.05, 4.69) is 4.98 Å². The van der Waals surface area contributed by atoms with E-state index in [1.807, 2.05) is 19.1 Å². The monoisotopic (exact) mass is 446 g/mol. The number of nitriles is 1. The number of morpholine rings is 1. The number of nitrogens with zero attached hydrogens (tertiary/aromatic N) is 4. The van der Waals surface area contributed by atoms with Gasteiger partial charge in [-0.1, -0.05) is 6.07 Å². The fraction of sp³-hybridized carbons (Fsp3) is 0.250. The molecule has 168 valence electrons. The highest BCUT2D eigenvalue weighted by Gasteiger charge is 2.23. The third kappa shape index (κ3) is 4.56. The zero-order chi connectivity index (χ0) is 23.4. The average Bonchev–Trinajstić information content (AvgIpc) is 2.85. The van der Waals surface area contributed by atoms with Crippen molar-refractivity contribution >= 4 is 17.6 Å². The van der Waals surface area contributed by atoms with Crippen LogP contribution in [0.25, 0.3) is 11.7 Å². The maximum atomic E-state index is 13.4. The Hall–Kier alpha value is -4.16. The number of pyridine rings is 1. The lowest BCUT2D eigenvalue weighted by atomic mass is 10.1. The molecule has 1 aromatic carbocycles. The van der Waals surface area contributed by atoms with Crippen LogP contribution in [0.4, 0.5) is 0 Å². The van der Waals surface area contributed by atoms with Crippen molar-refractivity contribution in [1.29, 1.82) is 5.26 Å². The van der Waals surface area contributed by atoms with Gasteiger partial charge in [0.15, 0.2) is 0 Å². The van der Waals surface area contributed by atoms with Gasteiger partial charge in [-0.25, -0.2) is 0 Å². The minimum atomic E-state index is -0.468. The van der Waals surface area contributed by atoms with Crippen LogP contribution in [0.15, 0.2) is 53.0 Å². The molecule has 1 saturated heterocycles. The lowest BCUT2D eigenvalue weighted by molar-refractivity contribution is -0.130. The summed E-state index contributed by atoms with van der Waals surface area (Å²) in [5.41, 5.74) is 0.570. The van der Waals surface area contributed by atoms with Crippen LogP contribution in [-0.2, 0) is 9.53 Å². The Morgan fingerprint density at radius 1 is 1.18 bits per heavy atom. The number of hydrogen-bond donors (Lipinski definition) is 0. The maximum absolute atomic E-state index is 13.4. The number of rotatable bonds is 5. The van der Waals surface area contributed by atoms with Gasteiger partial charge in [0.2, 0.25) is 5.88 Å². The number of aryl methyl sites for hydroxylation is 1. The Labute approximate surface area is 190 Å². The predicted octanol–water partition coefficient (Wildman–Crippen LogP) is 2.57. The molecule has 0 bridgehead atoms. The predicted molar refractivity (Wildman–Crippen MR) is 120 cm³/mol. The molecule has 1 aliphatic heterocycles. The Morgan fingerprint density at radius 3 is 2.55 bits per heavy atom. The second-order valence-electron chi connectivity index (χ2n) is 7.37. The van der Waals surface area contributed by atoms with Gasteiger partial charge in [0.1, 0.15) is 34.4 Å². The third-order valence-corrected chi connectivity index (χ3v) is 5.26. The van der Waals surface area contributed by atoms with Crippen molar-refractivity contribution in [3.05, 3.63) is 69.6 Å². The highest BCUT2D eigenvalue weighted by Crippen LogP contribution is 2.26. The Balaban J connectivity index is 1.84. The van der Waals surface area contributed by atoms with Crippen LogP contribution in [0, 0.1) is 18.3 Å². The first-order chi connectivity index (χ1) is 16.0. The summed E-state index contributed by atoms with van der Waals surface area (Å²) in [6.07, 6.45) is 2.84. The van der Waals surface area contributed by atoms with Gasteiger partial charge in [-0.05, 0) is 48.9 Å². The number of methoxy groups -OCH3 is 1. The molecule has 2 aromatic heterocycles. The van der Waals surface area contributed by atoms with Crippen molar-refractivity contribution in [2.24, 2.45) is 0 Å². The summed E-state index contributed by atoms with van der Waals surface area (Å²) in [4.78, 5) is 32.3. The minimum Gasteiger partial charge on any atom is -0.497 e. The van der Waals surface area contributed by atoms with E-state index in [0.29, 0.717) is 43.4 Å². The number of fused-ring (bicyclic) bond motifs is 1. The number of amides is 1. The molecule has 4 rings (SSSR count). The fourth-order valence-corrected chi connectivity index (χ4v) is 3.47. The molecule has 1 fully saturated rings. The lowest BCUT2D eigenvalue weighted by Gasteiger charge is -2.26. The largest absolute Gasteiger partial charge is 0.497 e. The molecule has 0 spiro atoms. The Bertz CT molecular complexity index is 1320. The van der Waals surface area contributed by atoms with E-state index in [1.54, 1.807) is 43.6 Å². The highest BCUT2D eigenvalue weighted by molar-refractivity contribution is 6.02. The minimum absolute atomic E-state index is 0.00185. The fourth-order valence-electron chi connectivity index (χ4n) is 3.47. The molecular weight excluding hydrogens is 424 g/mol. The summed E-state index contributed by atoms with van der Waals surface area (Å²) in [5.74, 6) is 0.605. The number of benzene rings is 1. The van der Waals surface area contributed by atoms with E-state index >= 15 is 0 Å². The lowest BCUT2D eigenvalue weighted by Crippen LogP contribution is -2.41. The van der Waals surface area contributed by atoms with E-state index in [-0.39, 0.29) is 17.0 Å². The van der Waals surface area contributed by atoms with Crippen LogP contribution in [0.5, 0.6) is 17.4 Å². The Morgan fingerprint density at radius 2 is 1.88 bits per heavy atom. The number of aromatic nitrogens is 2. The second-order valence-corrected chi connectivity index (χ2v) is 7.37. The molecule has 0 saturated carbocycles. The summed E-state index contributed by atoms with van der Waals surface area (Å²) in [6.45, 7) is 3.38. The highest BCUT2D eigenvalue weighted by atomic mass is 16.5. The summed E-state index contributed by atoms with van der Waals surface area (Å²) >= 11 is 0. The van der Waals surface area contributed by atoms with Gasteiger partial charge < -0.3 is 19.1 Å². The molecule has 0 N–H and O–H groups in total. The summed E-state index contributed by atoms with van der Waals surface area (Å²) in [7, 11) is 1.56. The number of ether oxygens (including phenoxy) is 3. The molecule has 0 aliphatic carbocycles. The van der Waals surface area contributed by atoms with Gasteiger partial charge >= 0.3 is 0 Å². The van der Waals surface area contributed by atoms with Crippen LogP contribution >= 0.6 is 0 Å². The zero-order valence-corrected chi connectivity index (χ0v) is 18.3. The topological polar surface area (TPSA) is 106 Å². The van der Waals surface area contributed by atoms with Crippen molar-refractivity contribution in [2.75, 3.05) is 33.4 Å². The molecule has 3 heterocycles. The van der Waals surface area contributed by atoms with Crippen molar-refractivity contribution < 1.29 is 19.0 Å². The first-order valence-electron chi connectivity index (χ1n) is 10.3. The maximum Gasteiger partial charge on any atom is 0.269 e. The van der Waals surface area contributed by atoms with Crippen molar-refractivity contribution in [3.8, 4) is 23.4 Å². The van der Waals surface area contributed by atoms with Gasteiger partial charge in [-0.3, -0.25) is 14.0 Å². The van der Waals surface area contributed by atoms with Crippen molar-refractivity contribution in [2.45, 2.75) is 6.92 Å². The molecule has 1 aliphatic rings. The smallest absolute Gasteiger partial charge is 0.269 e. The van der Waals surface area contributed by atoms with E-state index < -0.39 is 11.5 Å². The second kappa shape index (κ2) is 9.54. The van der Waals surface area contributed by atoms with Crippen molar-refractivity contribution in [3.63, 3.8) is 0 Å². The molecule has 1 amide bonds. The van der Waals surface area contributed by atoms with Crippen LogP contribution < -0.4 is 15.0 Å². The van der Waals surface area contributed by atoms with Gasteiger partial charge in [-0.2, -0.15) is 10.2 Å². The standard InChI is InChI=1S/C24H22N4O5/c1-16-4-3-9-28-21(16)26-22(33-19-7-5-18(31-2)6-8-19)20(24(28)30)14-17(15-25)23(29)27-10-12-32-13-11-27/h3-9,14H,10-13H2,1-2H3. The Kier molecular flexibility index (Phi) is 6.38. The first-order valence-corrected chi connectivity index (χ1v) is 10.3. The number of carbonyl (C=O) groups is 1. The van der Waals surface area contributed by atoms with Crippen molar-refractivity contribution in [1.82, 2.24) is 14.3 Å². The summed E-state index contributed by atoms with van der Waals surface area (Å²) in [5, 5.41) is 9.69. The van der Waals surface area contributed by atoms with Crippen LogP contribution in [0.1, 0.15) is 11.1 Å². The molecule has 0 unspecified atom stereocenters. The molecule has 9 heteroatoms. The SMILES string of the molecule is COc1ccc(Oc2nc3c(C)cccn3c(=O)c2C=C(C#N)C(=O)N2CCOCC2)cc1. The van der Waals surface area contributed by atoms with Crippen LogP contribution in [0.3, 0.4) is 0 Å². The molecule has 33 heavy (non-hydrogen) atoms. The molecule has 0 radical (unpaired) electrons.